The summed E-state index contributed by atoms with van der Waals surface area (Å²) in [5.41, 5.74) is 3.35. The highest BCUT2D eigenvalue weighted by Crippen LogP contribution is 2.26. The van der Waals surface area contributed by atoms with Crippen LogP contribution in [0.25, 0.3) is 5.69 Å². The summed E-state index contributed by atoms with van der Waals surface area (Å²) < 4.78 is 12.4. The molecule has 0 saturated carbocycles. The SMILES string of the molecule is COc1ccc(-n2cnnc2SCC(=O)N2CCc3ccc(OC)cc3C2)cc1. The molecule has 1 aliphatic heterocycles. The summed E-state index contributed by atoms with van der Waals surface area (Å²) in [6, 6.07) is 13.7. The topological polar surface area (TPSA) is 69.5 Å². The largest absolute Gasteiger partial charge is 0.497 e. The molecule has 0 fully saturated rings. The van der Waals surface area contributed by atoms with E-state index >= 15 is 0 Å². The van der Waals surface area contributed by atoms with E-state index in [2.05, 4.69) is 16.3 Å². The van der Waals surface area contributed by atoms with Gasteiger partial charge in [-0.05, 0) is 53.9 Å². The molecule has 4 rings (SSSR count). The van der Waals surface area contributed by atoms with Crippen molar-refractivity contribution < 1.29 is 14.3 Å². The average molecular weight is 410 g/mol. The van der Waals surface area contributed by atoms with Crippen molar-refractivity contribution in [2.75, 3.05) is 26.5 Å². The molecule has 0 radical (unpaired) electrons. The lowest BCUT2D eigenvalue weighted by Crippen LogP contribution is -2.37. The fourth-order valence-corrected chi connectivity index (χ4v) is 4.17. The van der Waals surface area contributed by atoms with Gasteiger partial charge in [-0.15, -0.1) is 10.2 Å². The van der Waals surface area contributed by atoms with E-state index < -0.39 is 0 Å². The summed E-state index contributed by atoms with van der Waals surface area (Å²) >= 11 is 1.39. The Morgan fingerprint density at radius 3 is 2.59 bits per heavy atom. The standard InChI is InChI=1S/C21H22N4O3S/c1-27-18-7-4-17(5-8-18)25-14-22-23-21(25)29-13-20(26)24-10-9-15-3-6-19(28-2)11-16(15)12-24/h3-8,11,14H,9-10,12-13H2,1-2H3. The van der Waals surface area contributed by atoms with Gasteiger partial charge in [0, 0.05) is 18.8 Å². The van der Waals surface area contributed by atoms with Crippen LogP contribution in [0.2, 0.25) is 0 Å². The van der Waals surface area contributed by atoms with Gasteiger partial charge >= 0.3 is 0 Å². The first kappa shape index (κ1) is 19.3. The maximum absolute atomic E-state index is 12.8. The molecule has 0 N–H and O–H groups in total. The number of fused-ring (bicyclic) bond motifs is 1. The van der Waals surface area contributed by atoms with Crippen molar-refractivity contribution in [1.82, 2.24) is 19.7 Å². The smallest absolute Gasteiger partial charge is 0.233 e. The molecular formula is C21H22N4O3S. The minimum Gasteiger partial charge on any atom is -0.497 e. The molecule has 1 amide bonds. The number of carbonyl (C=O) groups excluding carboxylic acids is 1. The molecule has 0 saturated heterocycles. The van der Waals surface area contributed by atoms with Gasteiger partial charge in [0.05, 0.1) is 20.0 Å². The number of hydrogen-bond donors (Lipinski definition) is 0. The van der Waals surface area contributed by atoms with Gasteiger partial charge in [-0.1, -0.05) is 17.8 Å². The second kappa shape index (κ2) is 8.57. The quantitative estimate of drug-likeness (QED) is 0.582. The molecule has 0 aliphatic carbocycles. The van der Waals surface area contributed by atoms with E-state index in [-0.39, 0.29) is 5.91 Å². The van der Waals surface area contributed by atoms with Crippen molar-refractivity contribution in [3.05, 3.63) is 59.9 Å². The molecule has 0 atom stereocenters. The van der Waals surface area contributed by atoms with Crippen LogP contribution in [0, 0.1) is 0 Å². The van der Waals surface area contributed by atoms with E-state index in [1.54, 1.807) is 20.5 Å². The lowest BCUT2D eigenvalue weighted by atomic mass is 9.99. The first-order valence-electron chi connectivity index (χ1n) is 9.29. The summed E-state index contributed by atoms with van der Waals surface area (Å²) in [5.74, 6) is 2.01. The van der Waals surface area contributed by atoms with Gasteiger partial charge in [-0.3, -0.25) is 9.36 Å². The van der Waals surface area contributed by atoms with Gasteiger partial charge in [0.1, 0.15) is 17.8 Å². The summed E-state index contributed by atoms with van der Waals surface area (Å²) in [6.07, 6.45) is 2.51. The molecule has 1 aromatic heterocycles. The highest BCUT2D eigenvalue weighted by Gasteiger charge is 2.22. The predicted molar refractivity (Wildman–Crippen MR) is 111 cm³/mol. The van der Waals surface area contributed by atoms with Gasteiger partial charge in [-0.2, -0.15) is 0 Å². The molecule has 2 heterocycles. The molecule has 0 unspecified atom stereocenters. The molecular weight excluding hydrogens is 388 g/mol. The average Bonchev–Trinajstić information content (AvgIpc) is 3.25. The number of nitrogens with zero attached hydrogens (tertiary/aromatic N) is 4. The second-order valence-corrected chi connectivity index (χ2v) is 7.61. The minimum atomic E-state index is 0.0905. The molecule has 1 aliphatic rings. The number of benzene rings is 2. The zero-order valence-electron chi connectivity index (χ0n) is 16.4. The van der Waals surface area contributed by atoms with Crippen LogP contribution in [0.15, 0.2) is 53.9 Å². The van der Waals surface area contributed by atoms with Crippen LogP contribution in [0.1, 0.15) is 11.1 Å². The molecule has 0 spiro atoms. The van der Waals surface area contributed by atoms with Crippen LogP contribution in [-0.2, 0) is 17.8 Å². The highest BCUT2D eigenvalue weighted by atomic mass is 32.2. The molecule has 2 aromatic carbocycles. The van der Waals surface area contributed by atoms with Crippen molar-refractivity contribution in [3.8, 4) is 17.2 Å². The monoisotopic (exact) mass is 410 g/mol. The van der Waals surface area contributed by atoms with E-state index in [0.29, 0.717) is 17.5 Å². The van der Waals surface area contributed by atoms with Crippen molar-refractivity contribution in [2.24, 2.45) is 0 Å². The fourth-order valence-electron chi connectivity index (χ4n) is 3.33. The highest BCUT2D eigenvalue weighted by molar-refractivity contribution is 7.99. The normalized spacial score (nSPS) is 13.1. The Bertz CT molecular complexity index is 1000. The van der Waals surface area contributed by atoms with E-state index in [4.69, 9.17) is 9.47 Å². The third kappa shape index (κ3) is 4.22. The van der Waals surface area contributed by atoms with Crippen LogP contribution in [0.3, 0.4) is 0 Å². The number of rotatable bonds is 6. The number of hydrogen-bond acceptors (Lipinski definition) is 6. The van der Waals surface area contributed by atoms with Gasteiger partial charge in [0.25, 0.3) is 0 Å². The summed E-state index contributed by atoms with van der Waals surface area (Å²) in [4.78, 5) is 14.7. The Kier molecular flexibility index (Phi) is 5.71. The predicted octanol–water partition coefficient (Wildman–Crippen LogP) is 2.96. The molecule has 7 nitrogen and oxygen atoms in total. The summed E-state index contributed by atoms with van der Waals surface area (Å²) in [7, 11) is 3.29. The van der Waals surface area contributed by atoms with Crippen LogP contribution >= 0.6 is 11.8 Å². The number of ether oxygens (including phenoxy) is 2. The Morgan fingerprint density at radius 2 is 1.83 bits per heavy atom. The minimum absolute atomic E-state index is 0.0905. The van der Waals surface area contributed by atoms with Gasteiger partial charge in [0.15, 0.2) is 5.16 Å². The summed E-state index contributed by atoms with van der Waals surface area (Å²) in [5, 5.41) is 8.85. The van der Waals surface area contributed by atoms with Crippen molar-refractivity contribution in [3.63, 3.8) is 0 Å². The number of amides is 1. The molecule has 8 heteroatoms. The fraction of sp³-hybridized carbons (Fsp3) is 0.286. The third-order valence-corrected chi connectivity index (χ3v) is 5.90. The van der Waals surface area contributed by atoms with Crippen molar-refractivity contribution in [1.29, 1.82) is 0 Å². The molecule has 3 aromatic rings. The molecule has 150 valence electrons. The Labute approximate surface area is 173 Å². The number of thioether (sulfide) groups is 1. The Morgan fingerprint density at radius 1 is 1.07 bits per heavy atom. The Balaban J connectivity index is 1.41. The number of carbonyl (C=O) groups is 1. The molecule has 29 heavy (non-hydrogen) atoms. The van der Waals surface area contributed by atoms with Gasteiger partial charge < -0.3 is 14.4 Å². The van der Waals surface area contributed by atoms with Crippen LogP contribution in [-0.4, -0.2) is 52.1 Å². The lowest BCUT2D eigenvalue weighted by molar-refractivity contribution is -0.129. The van der Waals surface area contributed by atoms with E-state index in [1.807, 2.05) is 45.9 Å². The van der Waals surface area contributed by atoms with Crippen LogP contribution in [0.5, 0.6) is 11.5 Å². The lowest BCUT2D eigenvalue weighted by Gasteiger charge is -2.29. The first-order chi connectivity index (χ1) is 14.2. The second-order valence-electron chi connectivity index (χ2n) is 6.67. The van der Waals surface area contributed by atoms with Crippen molar-refractivity contribution >= 4 is 17.7 Å². The number of methoxy groups -OCH3 is 2. The van der Waals surface area contributed by atoms with E-state index in [0.717, 1.165) is 35.7 Å². The van der Waals surface area contributed by atoms with Gasteiger partial charge in [0.2, 0.25) is 5.91 Å². The number of aromatic nitrogens is 3. The van der Waals surface area contributed by atoms with Gasteiger partial charge in [-0.25, -0.2) is 0 Å². The van der Waals surface area contributed by atoms with Crippen LogP contribution in [0.4, 0.5) is 0 Å². The third-order valence-electron chi connectivity index (χ3n) is 4.97. The maximum atomic E-state index is 12.8. The van der Waals surface area contributed by atoms with E-state index in [1.165, 1.54) is 17.3 Å². The van der Waals surface area contributed by atoms with E-state index in [9.17, 15) is 4.79 Å². The van der Waals surface area contributed by atoms with Crippen molar-refractivity contribution in [2.45, 2.75) is 18.1 Å². The summed E-state index contributed by atoms with van der Waals surface area (Å²) in [6.45, 7) is 1.33. The maximum Gasteiger partial charge on any atom is 0.233 e. The zero-order chi connectivity index (χ0) is 20.2. The Hall–Kier alpha value is -3.00. The van der Waals surface area contributed by atoms with Crippen LogP contribution < -0.4 is 9.47 Å². The first-order valence-corrected chi connectivity index (χ1v) is 10.3. The zero-order valence-corrected chi connectivity index (χ0v) is 17.2. The molecule has 0 bridgehead atoms.